The van der Waals surface area contributed by atoms with E-state index in [2.05, 4.69) is 5.32 Å². The van der Waals surface area contributed by atoms with Crippen LogP contribution in [0.5, 0.6) is 0 Å². The molecule has 0 saturated carbocycles. The van der Waals surface area contributed by atoms with Crippen LogP contribution < -0.4 is 5.32 Å². The van der Waals surface area contributed by atoms with Crippen molar-refractivity contribution in [2.75, 3.05) is 5.75 Å². The van der Waals surface area contributed by atoms with Crippen molar-refractivity contribution in [1.29, 1.82) is 0 Å². The zero-order valence-electron chi connectivity index (χ0n) is 21.2. The lowest BCUT2D eigenvalue weighted by atomic mass is 10.0. The Hall–Kier alpha value is -1.89. The molecule has 3 rings (SSSR count). The van der Waals surface area contributed by atoms with Crippen molar-refractivity contribution in [3.8, 4) is 0 Å². The van der Waals surface area contributed by atoms with E-state index in [1.54, 1.807) is 41.3 Å². The van der Waals surface area contributed by atoms with Crippen LogP contribution in [0.15, 0.2) is 66.7 Å². The number of nitrogens with zero attached hydrogens (tertiary/aromatic N) is 1. The maximum atomic E-state index is 13.8. The highest BCUT2D eigenvalue weighted by atomic mass is 35.5. The van der Waals surface area contributed by atoms with E-state index in [1.165, 1.54) is 11.8 Å². The molecular weight excluding hydrogens is 582 g/mol. The first kappa shape index (κ1) is 30.6. The van der Waals surface area contributed by atoms with Crippen LogP contribution in [0, 0.1) is 0 Å². The molecule has 0 aliphatic carbocycles. The van der Waals surface area contributed by atoms with Crippen molar-refractivity contribution in [2.24, 2.45) is 0 Å². The fourth-order valence-electron chi connectivity index (χ4n) is 3.84. The van der Waals surface area contributed by atoms with Crippen molar-refractivity contribution >= 4 is 70.0 Å². The summed E-state index contributed by atoms with van der Waals surface area (Å²) in [6.45, 7) is 4.04. The third kappa shape index (κ3) is 8.56. The molecule has 2 atom stereocenters. The topological polar surface area (TPSA) is 49.4 Å². The molecular formula is C29H30Cl4N2O2S. The Labute approximate surface area is 249 Å². The lowest BCUT2D eigenvalue weighted by Crippen LogP contribution is -2.52. The van der Waals surface area contributed by atoms with Gasteiger partial charge in [-0.1, -0.05) is 95.8 Å². The second kappa shape index (κ2) is 15.0. The van der Waals surface area contributed by atoms with E-state index in [9.17, 15) is 9.59 Å². The fourth-order valence-corrected chi connectivity index (χ4v) is 6.01. The summed E-state index contributed by atoms with van der Waals surface area (Å²) in [5.74, 6) is 0.132. The number of thioether (sulfide) groups is 1. The van der Waals surface area contributed by atoms with E-state index < -0.39 is 6.04 Å². The summed E-state index contributed by atoms with van der Waals surface area (Å²) in [5, 5.41) is 5.03. The summed E-state index contributed by atoms with van der Waals surface area (Å²) in [7, 11) is 0. The zero-order chi connectivity index (χ0) is 27.7. The lowest BCUT2D eigenvalue weighted by Gasteiger charge is -2.32. The summed E-state index contributed by atoms with van der Waals surface area (Å²) >= 11 is 27.0. The maximum absolute atomic E-state index is 13.8. The van der Waals surface area contributed by atoms with E-state index in [1.807, 2.05) is 44.2 Å². The van der Waals surface area contributed by atoms with Gasteiger partial charge < -0.3 is 10.2 Å². The third-order valence-electron chi connectivity index (χ3n) is 6.20. The van der Waals surface area contributed by atoms with Crippen LogP contribution >= 0.6 is 58.2 Å². The first-order chi connectivity index (χ1) is 18.2. The molecule has 2 amide bonds. The van der Waals surface area contributed by atoms with Crippen LogP contribution in [0.25, 0.3) is 0 Å². The molecule has 0 aliphatic heterocycles. The van der Waals surface area contributed by atoms with Crippen LogP contribution in [0.4, 0.5) is 0 Å². The minimum absolute atomic E-state index is 0.0432. The highest BCUT2D eigenvalue weighted by Crippen LogP contribution is 2.30. The molecule has 38 heavy (non-hydrogen) atoms. The third-order valence-corrected chi connectivity index (χ3v) is 8.56. The number of carbonyl (C=O) groups is 2. The van der Waals surface area contributed by atoms with Gasteiger partial charge in [0.1, 0.15) is 6.04 Å². The number of halogens is 4. The molecule has 0 radical (unpaired) electrons. The van der Waals surface area contributed by atoms with Gasteiger partial charge in [-0.2, -0.15) is 0 Å². The second-order valence-corrected chi connectivity index (χ2v) is 11.6. The minimum Gasteiger partial charge on any atom is -0.352 e. The Morgan fingerprint density at radius 2 is 1.39 bits per heavy atom. The van der Waals surface area contributed by atoms with Gasteiger partial charge in [0.15, 0.2) is 0 Å². The summed E-state index contributed by atoms with van der Waals surface area (Å²) in [4.78, 5) is 29.0. The number of hydrogen-bond donors (Lipinski definition) is 1. The summed E-state index contributed by atoms with van der Waals surface area (Å²) < 4.78 is 0. The number of nitrogens with one attached hydrogen (secondary N) is 1. The first-order valence-electron chi connectivity index (χ1n) is 12.3. The largest absolute Gasteiger partial charge is 0.352 e. The second-order valence-electron chi connectivity index (χ2n) is 8.94. The predicted octanol–water partition coefficient (Wildman–Crippen LogP) is 8.09. The van der Waals surface area contributed by atoms with Crippen molar-refractivity contribution in [3.63, 3.8) is 0 Å². The molecule has 3 aromatic carbocycles. The fraction of sp³-hybridized carbons (Fsp3) is 0.310. The molecule has 0 bridgehead atoms. The van der Waals surface area contributed by atoms with Gasteiger partial charge in [-0.15, -0.1) is 11.8 Å². The monoisotopic (exact) mass is 610 g/mol. The van der Waals surface area contributed by atoms with Gasteiger partial charge in [-0.05, 0) is 48.7 Å². The number of amides is 2. The smallest absolute Gasteiger partial charge is 0.243 e. The lowest BCUT2D eigenvalue weighted by molar-refractivity contribution is -0.139. The van der Waals surface area contributed by atoms with Crippen LogP contribution in [0.1, 0.15) is 37.0 Å². The number of carbonyl (C=O) groups excluding carboxylic acids is 2. The Bertz CT molecular complexity index is 1200. The highest BCUT2D eigenvalue weighted by molar-refractivity contribution is 7.99. The molecule has 9 heteroatoms. The highest BCUT2D eigenvalue weighted by Gasteiger charge is 2.31. The number of rotatable bonds is 12. The average molecular weight is 612 g/mol. The van der Waals surface area contributed by atoms with Gasteiger partial charge >= 0.3 is 0 Å². The van der Waals surface area contributed by atoms with Gasteiger partial charge in [-0.3, -0.25) is 9.59 Å². The van der Waals surface area contributed by atoms with E-state index in [-0.39, 0.29) is 30.2 Å². The zero-order valence-corrected chi connectivity index (χ0v) is 25.1. The summed E-state index contributed by atoms with van der Waals surface area (Å²) in [6.07, 6.45) is 1.11. The summed E-state index contributed by atoms with van der Waals surface area (Å²) in [6, 6.07) is 19.4. The molecule has 0 aromatic heterocycles. The Kier molecular flexibility index (Phi) is 12.1. The molecule has 0 saturated heterocycles. The van der Waals surface area contributed by atoms with Crippen LogP contribution in [-0.4, -0.2) is 34.6 Å². The number of hydrogen-bond acceptors (Lipinski definition) is 3. The van der Waals surface area contributed by atoms with Gasteiger partial charge in [0.2, 0.25) is 11.8 Å². The molecule has 0 aliphatic rings. The summed E-state index contributed by atoms with van der Waals surface area (Å²) in [5.41, 5.74) is 2.30. The van der Waals surface area contributed by atoms with E-state index in [0.29, 0.717) is 37.8 Å². The quantitative estimate of drug-likeness (QED) is 0.225. The molecule has 202 valence electrons. The standard InChI is InChI=1S/C29H30Cl4N2O2S/c1-3-19(2)34-29(37)27(15-20-9-5-4-6-10-20)35(16-21-23(30)11-7-12-24(21)31)28(36)18-38-17-22-25(32)13-8-14-26(22)33/h4-14,19,27H,3,15-18H2,1-2H3,(H,34,37)/t19-,27-/m1/s1. The SMILES string of the molecule is CC[C@@H](C)NC(=O)[C@@H](Cc1ccccc1)N(Cc1c(Cl)cccc1Cl)C(=O)CSCc1c(Cl)cccc1Cl. The Balaban J connectivity index is 1.92. The van der Waals surface area contributed by atoms with Crippen LogP contribution in [-0.2, 0) is 28.3 Å². The predicted molar refractivity (Wildman–Crippen MR) is 161 cm³/mol. The Morgan fingerprint density at radius 3 is 1.95 bits per heavy atom. The molecule has 4 nitrogen and oxygen atoms in total. The van der Waals surface area contributed by atoms with Crippen molar-refractivity contribution in [3.05, 3.63) is 104 Å². The van der Waals surface area contributed by atoms with Crippen molar-refractivity contribution in [1.82, 2.24) is 10.2 Å². The van der Waals surface area contributed by atoms with Gasteiger partial charge in [-0.25, -0.2) is 0 Å². The minimum atomic E-state index is -0.768. The van der Waals surface area contributed by atoms with Crippen LogP contribution in [0.3, 0.4) is 0 Å². The van der Waals surface area contributed by atoms with Gasteiger partial charge in [0.05, 0.1) is 5.75 Å². The van der Waals surface area contributed by atoms with E-state index in [4.69, 9.17) is 46.4 Å². The van der Waals surface area contributed by atoms with Crippen molar-refractivity contribution < 1.29 is 9.59 Å². The normalized spacial score (nSPS) is 12.6. The van der Waals surface area contributed by atoms with Gasteiger partial charge in [0, 0.05) is 50.4 Å². The van der Waals surface area contributed by atoms with Crippen molar-refractivity contribution in [2.45, 2.75) is 51.1 Å². The molecule has 1 N–H and O–H groups in total. The maximum Gasteiger partial charge on any atom is 0.243 e. The molecule has 0 spiro atoms. The Morgan fingerprint density at radius 1 is 0.842 bits per heavy atom. The van der Waals surface area contributed by atoms with E-state index >= 15 is 0 Å². The molecule has 0 unspecified atom stereocenters. The molecule has 0 heterocycles. The number of benzene rings is 3. The average Bonchev–Trinajstić information content (AvgIpc) is 2.89. The van der Waals surface area contributed by atoms with Crippen LogP contribution in [0.2, 0.25) is 20.1 Å². The van der Waals surface area contributed by atoms with Gasteiger partial charge in [0.25, 0.3) is 0 Å². The van der Waals surface area contributed by atoms with E-state index in [0.717, 1.165) is 17.5 Å². The first-order valence-corrected chi connectivity index (χ1v) is 14.9. The molecule has 3 aromatic rings. The molecule has 0 fully saturated rings.